The maximum absolute atomic E-state index is 12.9. The summed E-state index contributed by atoms with van der Waals surface area (Å²) in [5.41, 5.74) is 3.29. The Hall–Kier alpha value is -3.13. The topological polar surface area (TPSA) is 84.3 Å². The minimum Gasteiger partial charge on any atom is -0.350 e. The van der Waals surface area contributed by atoms with E-state index in [2.05, 4.69) is 10.3 Å². The molecule has 3 aromatic rings. The minimum absolute atomic E-state index is 0.266. The Morgan fingerprint density at radius 2 is 1.80 bits per heavy atom. The first kappa shape index (κ1) is 21.6. The van der Waals surface area contributed by atoms with Gasteiger partial charge in [0.25, 0.3) is 0 Å². The van der Waals surface area contributed by atoms with Gasteiger partial charge in [0, 0.05) is 18.9 Å². The van der Waals surface area contributed by atoms with Crippen LogP contribution in [0.25, 0.3) is 5.69 Å². The second-order valence-corrected chi connectivity index (χ2v) is 9.12. The Labute approximate surface area is 177 Å². The third-order valence-corrected chi connectivity index (χ3v) is 6.15. The maximum atomic E-state index is 12.9. The SMILES string of the molecule is Cc1ccc(N([C@H](C)C(=O)NCc2ccccc2-n2ccnc2C)S(C)(=O)=O)cc1. The molecule has 0 fully saturated rings. The summed E-state index contributed by atoms with van der Waals surface area (Å²) in [6, 6.07) is 13.9. The molecule has 30 heavy (non-hydrogen) atoms. The van der Waals surface area contributed by atoms with Crippen LogP contribution in [0.3, 0.4) is 0 Å². The molecular weight excluding hydrogens is 400 g/mol. The lowest BCUT2D eigenvalue weighted by Gasteiger charge is -2.28. The summed E-state index contributed by atoms with van der Waals surface area (Å²) in [4.78, 5) is 17.1. The van der Waals surface area contributed by atoms with Crippen LogP contribution in [0.5, 0.6) is 0 Å². The molecule has 158 valence electrons. The number of rotatable bonds is 7. The fourth-order valence-corrected chi connectivity index (χ4v) is 4.53. The van der Waals surface area contributed by atoms with Crippen molar-refractivity contribution in [1.82, 2.24) is 14.9 Å². The predicted molar refractivity (Wildman–Crippen MR) is 118 cm³/mol. The highest BCUT2D eigenvalue weighted by Gasteiger charge is 2.29. The average Bonchev–Trinajstić information content (AvgIpc) is 3.12. The van der Waals surface area contributed by atoms with E-state index in [1.165, 1.54) is 0 Å². The molecule has 1 N–H and O–H groups in total. The van der Waals surface area contributed by atoms with Crippen molar-refractivity contribution < 1.29 is 13.2 Å². The number of carbonyl (C=O) groups is 1. The Bertz CT molecular complexity index is 1140. The van der Waals surface area contributed by atoms with E-state index >= 15 is 0 Å². The van der Waals surface area contributed by atoms with Crippen LogP contribution in [0.2, 0.25) is 0 Å². The number of nitrogens with one attached hydrogen (secondary N) is 1. The molecule has 0 aliphatic rings. The second-order valence-electron chi connectivity index (χ2n) is 7.26. The molecule has 7 nitrogen and oxygen atoms in total. The van der Waals surface area contributed by atoms with Gasteiger partial charge in [-0.15, -0.1) is 0 Å². The number of aromatic nitrogens is 2. The number of amides is 1. The predicted octanol–water partition coefficient (Wildman–Crippen LogP) is 2.96. The number of imidazole rings is 1. The number of benzene rings is 2. The summed E-state index contributed by atoms with van der Waals surface area (Å²) in [6.45, 7) is 5.68. The molecule has 0 aliphatic carbocycles. The van der Waals surface area contributed by atoms with Gasteiger partial charge in [-0.25, -0.2) is 13.4 Å². The van der Waals surface area contributed by atoms with Gasteiger partial charge in [0.05, 0.1) is 17.6 Å². The number of anilines is 1. The zero-order chi connectivity index (χ0) is 21.9. The molecule has 1 amide bonds. The number of sulfonamides is 1. The summed E-state index contributed by atoms with van der Waals surface area (Å²) in [6.07, 6.45) is 4.69. The molecule has 0 bridgehead atoms. The van der Waals surface area contributed by atoms with Crippen LogP contribution < -0.4 is 9.62 Å². The normalized spacial score (nSPS) is 12.4. The van der Waals surface area contributed by atoms with Gasteiger partial charge < -0.3 is 9.88 Å². The van der Waals surface area contributed by atoms with E-state index in [9.17, 15) is 13.2 Å². The lowest BCUT2D eigenvalue weighted by molar-refractivity contribution is -0.122. The molecular formula is C22H26N4O3S. The number of nitrogens with zero attached hydrogens (tertiary/aromatic N) is 3. The van der Waals surface area contributed by atoms with Crippen molar-refractivity contribution in [1.29, 1.82) is 0 Å². The first-order valence-electron chi connectivity index (χ1n) is 9.60. The molecule has 0 aliphatic heterocycles. The Balaban J connectivity index is 1.80. The molecule has 0 radical (unpaired) electrons. The monoisotopic (exact) mass is 426 g/mol. The second kappa shape index (κ2) is 8.71. The largest absolute Gasteiger partial charge is 0.350 e. The highest BCUT2D eigenvalue weighted by molar-refractivity contribution is 7.92. The van der Waals surface area contributed by atoms with Crippen LogP contribution in [0.15, 0.2) is 60.9 Å². The van der Waals surface area contributed by atoms with E-state index in [0.29, 0.717) is 5.69 Å². The fraction of sp³-hybridized carbons (Fsp3) is 0.273. The van der Waals surface area contributed by atoms with Crippen molar-refractivity contribution in [3.8, 4) is 5.69 Å². The van der Waals surface area contributed by atoms with Crippen LogP contribution in [0.1, 0.15) is 23.9 Å². The van der Waals surface area contributed by atoms with Crippen molar-refractivity contribution in [3.05, 3.63) is 77.9 Å². The number of para-hydroxylation sites is 1. The molecule has 0 saturated heterocycles. The smallest absolute Gasteiger partial charge is 0.243 e. The standard InChI is InChI=1S/C22H26N4O3S/c1-16-9-11-20(12-10-16)26(30(4,28)29)17(2)22(27)24-15-19-7-5-6-8-21(19)25-14-13-23-18(25)3/h5-14,17H,15H2,1-4H3,(H,24,27)/t17-/m1/s1. The van der Waals surface area contributed by atoms with E-state index in [4.69, 9.17) is 0 Å². The third-order valence-electron chi connectivity index (χ3n) is 4.91. The average molecular weight is 427 g/mol. The molecule has 0 saturated carbocycles. The van der Waals surface area contributed by atoms with Crippen molar-refractivity contribution in [3.63, 3.8) is 0 Å². The van der Waals surface area contributed by atoms with E-state index in [1.807, 2.05) is 61.0 Å². The summed E-state index contributed by atoms with van der Waals surface area (Å²) in [7, 11) is -3.65. The Kier molecular flexibility index (Phi) is 6.26. The third kappa shape index (κ3) is 4.71. The minimum atomic E-state index is -3.65. The summed E-state index contributed by atoms with van der Waals surface area (Å²) in [5, 5.41) is 2.88. The molecule has 2 aromatic carbocycles. The molecule has 3 rings (SSSR count). The van der Waals surface area contributed by atoms with Gasteiger partial charge >= 0.3 is 0 Å². The summed E-state index contributed by atoms with van der Waals surface area (Å²) < 4.78 is 27.9. The van der Waals surface area contributed by atoms with E-state index < -0.39 is 16.1 Å². The van der Waals surface area contributed by atoms with Gasteiger partial charge in [-0.1, -0.05) is 35.9 Å². The maximum Gasteiger partial charge on any atom is 0.243 e. The van der Waals surface area contributed by atoms with Crippen LogP contribution in [0, 0.1) is 13.8 Å². The van der Waals surface area contributed by atoms with E-state index in [1.54, 1.807) is 25.3 Å². The lowest BCUT2D eigenvalue weighted by atomic mass is 10.1. The van der Waals surface area contributed by atoms with Crippen molar-refractivity contribution in [2.24, 2.45) is 0 Å². The quantitative estimate of drug-likeness (QED) is 0.630. The first-order valence-corrected chi connectivity index (χ1v) is 11.5. The Morgan fingerprint density at radius 1 is 1.13 bits per heavy atom. The molecule has 1 heterocycles. The first-order chi connectivity index (χ1) is 14.2. The highest BCUT2D eigenvalue weighted by Crippen LogP contribution is 2.22. The molecule has 8 heteroatoms. The summed E-state index contributed by atoms with van der Waals surface area (Å²) in [5.74, 6) is 0.461. The number of carbonyl (C=O) groups excluding carboxylic acids is 1. The van der Waals surface area contributed by atoms with Crippen LogP contribution in [-0.2, 0) is 21.4 Å². The number of aryl methyl sites for hydroxylation is 2. The zero-order valence-corrected chi connectivity index (χ0v) is 18.3. The van der Waals surface area contributed by atoms with Crippen molar-refractivity contribution >= 4 is 21.6 Å². The van der Waals surface area contributed by atoms with Crippen LogP contribution in [0.4, 0.5) is 5.69 Å². The van der Waals surface area contributed by atoms with Gasteiger partial charge in [0.2, 0.25) is 15.9 Å². The zero-order valence-electron chi connectivity index (χ0n) is 17.5. The lowest BCUT2D eigenvalue weighted by Crippen LogP contribution is -2.47. The van der Waals surface area contributed by atoms with Gasteiger partial charge in [-0.3, -0.25) is 9.10 Å². The molecule has 1 aromatic heterocycles. The van der Waals surface area contributed by atoms with Crippen molar-refractivity contribution in [2.45, 2.75) is 33.4 Å². The molecule has 1 atom stereocenters. The molecule has 0 unspecified atom stereocenters. The fourth-order valence-electron chi connectivity index (χ4n) is 3.36. The van der Waals surface area contributed by atoms with Crippen LogP contribution in [-0.4, -0.2) is 36.2 Å². The van der Waals surface area contributed by atoms with Gasteiger partial charge in [-0.05, 0) is 44.5 Å². The number of hydrogen-bond donors (Lipinski definition) is 1. The van der Waals surface area contributed by atoms with E-state index in [-0.39, 0.29) is 12.5 Å². The van der Waals surface area contributed by atoms with Crippen molar-refractivity contribution in [2.75, 3.05) is 10.6 Å². The summed E-state index contributed by atoms with van der Waals surface area (Å²) >= 11 is 0. The van der Waals surface area contributed by atoms with Crippen LogP contribution >= 0.6 is 0 Å². The van der Waals surface area contributed by atoms with Gasteiger partial charge in [0.1, 0.15) is 11.9 Å². The van der Waals surface area contributed by atoms with Gasteiger partial charge in [0.15, 0.2) is 0 Å². The van der Waals surface area contributed by atoms with Gasteiger partial charge in [-0.2, -0.15) is 0 Å². The number of hydrogen-bond acceptors (Lipinski definition) is 4. The highest BCUT2D eigenvalue weighted by atomic mass is 32.2. The molecule has 0 spiro atoms. The Morgan fingerprint density at radius 3 is 2.40 bits per heavy atom. The van der Waals surface area contributed by atoms with E-state index in [0.717, 1.165) is 33.2 Å².